The summed E-state index contributed by atoms with van der Waals surface area (Å²) in [7, 11) is 2.17. The normalized spacial score (nSPS) is 20.6. The number of ether oxygens (including phenoxy) is 2. The number of hydrogen-bond acceptors (Lipinski definition) is 7. The van der Waals surface area contributed by atoms with E-state index in [2.05, 4.69) is 32.8 Å². The molecule has 38 heavy (non-hydrogen) atoms. The van der Waals surface area contributed by atoms with Crippen LogP contribution in [0.2, 0.25) is 5.02 Å². The molecule has 0 unspecified atom stereocenters. The van der Waals surface area contributed by atoms with Crippen molar-refractivity contribution in [2.75, 3.05) is 57.8 Å². The summed E-state index contributed by atoms with van der Waals surface area (Å²) in [4.78, 5) is 29.4. The van der Waals surface area contributed by atoms with Crippen molar-refractivity contribution in [3.8, 4) is 5.75 Å². The van der Waals surface area contributed by atoms with Crippen molar-refractivity contribution in [2.45, 2.75) is 64.9 Å². The van der Waals surface area contributed by atoms with Crippen LogP contribution in [0.5, 0.6) is 5.75 Å². The molecular formula is C28H39BrClN5O3. The van der Waals surface area contributed by atoms with Crippen LogP contribution < -0.4 is 9.64 Å². The van der Waals surface area contributed by atoms with Gasteiger partial charge >= 0.3 is 6.09 Å². The predicted molar refractivity (Wildman–Crippen MR) is 155 cm³/mol. The Morgan fingerprint density at radius 2 is 1.82 bits per heavy atom. The molecule has 0 bridgehead atoms. The van der Waals surface area contributed by atoms with E-state index in [1.807, 2.05) is 38.7 Å². The van der Waals surface area contributed by atoms with Crippen LogP contribution >= 0.6 is 27.5 Å². The number of hydrogen-bond donors (Lipinski definition) is 0. The van der Waals surface area contributed by atoms with Crippen molar-refractivity contribution in [3.63, 3.8) is 0 Å². The summed E-state index contributed by atoms with van der Waals surface area (Å²) in [5, 5.41) is 1.52. The molecule has 0 N–H and O–H groups in total. The summed E-state index contributed by atoms with van der Waals surface area (Å²) in [6.45, 7) is 13.6. The van der Waals surface area contributed by atoms with E-state index in [-0.39, 0.29) is 11.5 Å². The molecule has 0 radical (unpaired) electrons. The predicted octanol–water partition coefficient (Wildman–Crippen LogP) is 6.09. The van der Waals surface area contributed by atoms with Gasteiger partial charge in [-0.1, -0.05) is 11.6 Å². The number of rotatable bonds is 4. The first-order chi connectivity index (χ1) is 18.0. The number of piperidine rings is 2. The highest BCUT2D eigenvalue weighted by Crippen LogP contribution is 2.45. The Morgan fingerprint density at radius 1 is 1.16 bits per heavy atom. The fourth-order valence-electron chi connectivity index (χ4n) is 5.88. The Hall–Kier alpha value is -1.84. The largest absolute Gasteiger partial charge is 0.490 e. The quantitative estimate of drug-likeness (QED) is 0.416. The van der Waals surface area contributed by atoms with Crippen LogP contribution in [0.4, 0.5) is 10.6 Å². The highest BCUT2D eigenvalue weighted by molar-refractivity contribution is 9.10. The number of benzene rings is 1. The smallest absolute Gasteiger partial charge is 0.410 e. The Bertz CT molecular complexity index is 1200. The Kier molecular flexibility index (Phi) is 7.74. The van der Waals surface area contributed by atoms with Crippen molar-refractivity contribution in [3.05, 3.63) is 21.4 Å². The Morgan fingerprint density at radius 3 is 2.42 bits per heavy atom. The van der Waals surface area contributed by atoms with Gasteiger partial charge in [-0.25, -0.2) is 14.8 Å². The molecule has 3 aliphatic heterocycles. The lowest BCUT2D eigenvalue weighted by Crippen LogP contribution is -2.62. The lowest BCUT2D eigenvalue weighted by molar-refractivity contribution is -0.0434. The van der Waals surface area contributed by atoms with Crippen LogP contribution in [0.25, 0.3) is 10.9 Å². The van der Waals surface area contributed by atoms with Crippen LogP contribution in [-0.2, 0) is 4.74 Å². The molecule has 208 valence electrons. The van der Waals surface area contributed by atoms with Crippen molar-refractivity contribution < 1.29 is 14.3 Å². The molecule has 10 heteroatoms. The number of carbonyl (C=O) groups is 1. The summed E-state index contributed by atoms with van der Waals surface area (Å²) in [5.41, 5.74) is 0.505. The number of fused-ring (bicyclic) bond motifs is 1. The van der Waals surface area contributed by atoms with E-state index >= 15 is 0 Å². The molecule has 5 rings (SSSR count). The summed E-state index contributed by atoms with van der Waals surface area (Å²) >= 11 is 10.3. The topological polar surface area (TPSA) is 71.0 Å². The third-order valence-corrected chi connectivity index (χ3v) is 9.35. The fraction of sp³-hybridized carbons (Fsp3) is 0.679. The number of nitrogens with zero attached hydrogens (tertiary/aromatic N) is 5. The molecule has 2 aromatic rings. The van der Waals surface area contributed by atoms with Crippen molar-refractivity contribution in [2.24, 2.45) is 5.41 Å². The summed E-state index contributed by atoms with van der Waals surface area (Å²) in [6.07, 6.45) is 3.89. The maximum absolute atomic E-state index is 12.5. The van der Waals surface area contributed by atoms with E-state index in [0.717, 1.165) is 92.0 Å². The van der Waals surface area contributed by atoms with E-state index in [9.17, 15) is 4.79 Å². The van der Waals surface area contributed by atoms with Gasteiger partial charge in [0.05, 0.1) is 16.1 Å². The van der Waals surface area contributed by atoms with Crippen molar-refractivity contribution in [1.82, 2.24) is 19.8 Å². The van der Waals surface area contributed by atoms with Gasteiger partial charge in [0.25, 0.3) is 0 Å². The van der Waals surface area contributed by atoms with Gasteiger partial charge in [-0.15, -0.1) is 0 Å². The van der Waals surface area contributed by atoms with E-state index < -0.39 is 5.60 Å². The first kappa shape index (κ1) is 27.7. The van der Waals surface area contributed by atoms with Crippen LogP contribution in [0.1, 0.15) is 65.1 Å². The van der Waals surface area contributed by atoms with Crippen molar-refractivity contribution >= 4 is 50.3 Å². The molecule has 1 amide bonds. The average Bonchev–Trinajstić information content (AvgIpc) is 2.84. The highest BCUT2D eigenvalue weighted by Gasteiger charge is 2.48. The second-order valence-corrected chi connectivity index (χ2v) is 13.3. The van der Waals surface area contributed by atoms with Gasteiger partial charge in [0.1, 0.15) is 22.8 Å². The zero-order valence-electron chi connectivity index (χ0n) is 23.1. The lowest BCUT2D eigenvalue weighted by atomic mass is 9.72. The molecular weight excluding hydrogens is 570 g/mol. The van der Waals surface area contributed by atoms with Gasteiger partial charge < -0.3 is 24.2 Å². The zero-order valence-corrected chi connectivity index (χ0v) is 25.5. The Labute approximate surface area is 239 Å². The second kappa shape index (κ2) is 10.6. The average molecular weight is 609 g/mol. The van der Waals surface area contributed by atoms with Gasteiger partial charge in [-0.3, -0.25) is 0 Å². The molecule has 0 aliphatic carbocycles. The highest BCUT2D eigenvalue weighted by atomic mass is 79.9. The molecule has 1 aromatic carbocycles. The molecule has 3 aliphatic rings. The third kappa shape index (κ3) is 5.56. The van der Waals surface area contributed by atoms with Gasteiger partial charge in [0, 0.05) is 42.9 Å². The number of likely N-dealkylation sites (tertiary alicyclic amines) is 2. The van der Waals surface area contributed by atoms with Gasteiger partial charge in [0.2, 0.25) is 0 Å². The lowest BCUT2D eigenvalue weighted by Gasteiger charge is -2.53. The third-order valence-electron chi connectivity index (χ3n) is 8.04. The van der Waals surface area contributed by atoms with Crippen LogP contribution in [0, 0.1) is 5.41 Å². The van der Waals surface area contributed by atoms with E-state index in [1.54, 1.807) is 0 Å². The van der Waals surface area contributed by atoms with Gasteiger partial charge in [0.15, 0.2) is 5.75 Å². The van der Waals surface area contributed by atoms with Crippen LogP contribution in [-0.4, -0.2) is 84.4 Å². The first-order valence-corrected chi connectivity index (χ1v) is 14.9. The number of carbonyl (C=O) groups excluding carboxylic acids is 1. The van der Waals surface area contributed by atoms with E-state index in [4.69, 9.17) is 31.0 Å². The SMILES string of the molecule is CCOc1c(Br)c(Cl)cc2c(N3CCC4(CC3)CN(C(=O)OC(C)(C)C)C4)nc(C3CCN(C)CC3)nc12. The monoisotopic (exact) mass is 607 g/mol. The van der Waals surface area contributed by atoms with Crippen molar-refractivity contribution in [1.29, 1.82) is 0 Å². The molecule has 1 spiro atoms. The second-order valence-electron chi connectivity index (χ2n) is 12.1. The van der Waals surface area contributed by atoms with E-state index in [0.29, 0.717) is 23.3 Å². The standard InChI is InChI=1S/C28H39BrClN5O3/c1-6-37-23-21(29)20(30)15-19-22(23)31-24(18-7-11-33(5)12-8-18)32-25(19)34-13-9-28(10-14-34)16-35(17-28)26(36)38-27(2,3)4/h15,18H,6-14,16-17H2,1-5H3. The van der Waals surface area contributed by atoms with Crippen LogP contribution in [0.3, 0.4) is 0 Å². The summed E-state index contributed by atoms with van der Waals surface area (Å²) in [5.74, 6) is 2.85. The van der Waals surface area contributed by atoms with Gasteiger partial charge in [-0.05, 0) is 95.5 Å². The molecule has 0 saturated carbocycles. The first-order valence-electron chi connectivity index (χ1n) is 13.7. The maximum Gasteiger partial charge on any atom is 0.410 e. The molecule has 1 aromatic heterocycles. The minimum absolute atomic E-state index is 0.157. The Balaban J connectivity index is 1.41. The molecule has 4 heterocycles. The molecule has 3 saturated heterocycles. The molecule has 3 fully saturated rings. The number of amides is 1. The zero-order chi connectivity index (χ0) is 27.2. The maximum atomic E-state index is 12.5. The summed E-state index contributed by atoms with van der Waals surface area (Å²) < 4.78 is 12.4. The van der Waals surface area contributed by atoms with Crippen LogP contribution in [0.15, 0.2) is 10.5 Å². The fourth-order valence-corrected chi connectivity index (χ4v) is 6.49. The number of aromatic nitrogens is 2. The number of halogens is 2. The summed E-state index contributed by atoms with van der Waals surface area (Å²) in [6, 6.07) is 1.97. The minimum atomic E-state index is -0.473. The minimum Gasteiger partial charge on any atom is -0.490 e. The van der Waals surface area contributed by atoms with Gasteiger partial charge in [-0.2, -0.15) is 0 Å². The molecule has 0 atom stereocenters. The van der Waals surface area contributed by atoms with E-state index in [1.165, 1.54) is 0 Å². The number of anilines is 1. The molecule has 8 nitrogen and oxygen atoms in total.